The van der Waals surface area contributed by atoms with Crippen molar-refractivity contribution in [2.75, 3.05) is 7.05 Å². The van der Waals surface area contributed by atoms with E-state index in [1.165, 1.54) is 28.4 Å². The van der Waals surface area contributed by atoms with E-state index in [0.29, 0.717) is 6.04 Å². The Bertz CT molecular complexity index is 335. The molecule has 1 aromatic carbocycles. The van der Waals surface area contributed by atoms with E-state index in [2.05, 4.69) is 53.4 Å². The zero-order valence-electron chi connectivity index (χ0n) is 8.68. The second kappa shape index (κ2) is 4.03. The minimum Gasteiger partial charge on any atom is -0.313 e. The quantitative estimate of drug-likeness (QED) is 0.810. The number of nitrogens with one attached hydrogen (secondary N) is 1. The molecule has 1 aliphatic rings. The number of aryl methyl sites for hydroxylation is 1. The molecule has 1 N–H and O–H groups in total. The first-order valence-electron chi connectivity index (χ1n) is 5.18. The molecule has 2 heteroatoms. The lowest BCUT2D eigenvalue weighted by atomic mass is 9.81. The van der Waals surface area contributed by atoms with E-state index in [4.69, 9.17) is 0 Å². The Hall–Kier alpha value is -0.340. The van der Waals surface area contributed by atoms with Crippen LogP contribution in [-0.2, 0) is 6.42 Å². The first-order chi connectivity index (χ1) is 6.72. The van der Waals surface area contributed by atoms with Crippen molar-refractivity contribution in [1.29, 1.82) is 0 Å². The minimum absolute atomic E-state index is 0.524. The van der Waals surface area contributed by atoms with Gasteiger partial charge in [-0.2, -0.15) is 0 Å². The molecule has 0 aromatic heterocycles. The van der Waals surface area contributed by atoms with Crippen LogP contribution in [0.4, 0.5) is 0 Å². The number of hydrogen-bond donors (Lipinski definition) is 1. The van der Waals surface area contributed by atoms with Gasteiger partial charge >= 0.3 is 0 Å². The van der Waals surface area contributed by atoms with Gasteiger partial charge in [0.2, 0.25) is 0 Å². The third kappa shape index (κ3) is 1.73. The van der Waals surface area contributed by atoms with Crippen LogP contribution in [0, 0.1) is 5.92 Å². The molecule has 14 heavy (non-hydrogen) atoms. The molecule has 2 atom stereocenters. The van der Waals surface area contributed by atoms with Gasteiger partial charge in [-0.25, -0.2) is 0 Å². The summed E-state index contributed by atoms with van der Waals surface area (Å²) in [5, 5.41) is 3.42. The van der Waals surface area contributed by atoms with Crippen molar-refractivity contribution in [2.24, 2.45) is 5.92 Å². The molecule has 0 saturated heterocycles. The van der Waals surface area contributed by atoms with Crippen LogP contribution < -0.4 is 5.32 Å². The van der Waals surface area contributed by atoms with Crippen molar-refractivity contribution < 1.29 is 0 Å². The first-order valence-corrected chi connectivity index (χ1v) is 5.97. The summed E-state index contributed by atoms with van der Waals surface area (Å²) in [6, 6.07) is 7.17. The summed E-state index contributed by atoms with van der Waals surface area (Å²) in [5.74, 6) is 0.738. The fraction of sp³-hybridized carbons (Fsp3) is 0.500. The molecule has 0 bridgehead atoms. The van der Waals surface area contributed by atoms with Crippen LogP contribution in [0.25, 0.3) is 0 Å². The van der Waals surface area contributed by atoms with Gasteiger partial charge < -0.3 is 5.32 Å². The second-order valence-corrected chi connectivity index (χ2v) is 5.04. The van der Waals surface area contributed by atoms with Crippen molar-refractivity contribution in [3.8, 4) is 0 Å². The molecular formula is C12H16BrN. The smallest absolute Gasteiger partial charge is 0.0346 e. The molecule has 0 aliphatic heterocycles. The zero-order valence-corrected chi connectivity index (χ0v) is 10.3. The predicted molar refractivity (Wildman–Crippen MR) is 63.4 cm³/mol. The summed E-state index contributed by atoms with van der Waals surface area (Å²) < 4.78 is 1.19. The lowest BCUT2D eigenvalue weighted by molar-refractivity contribution is 0.364. The van der Waals surface area contributed by atoms with E-state index >= 15 is 0 Å². The summed E-state index contributed by atoms with van der Waals surface area (Å²) in [7, 11) is 2.05. The van der Waals surface area contributed by atoms with Crippen molar-refractivity contribution >= 4 is 15.9 Å². The molecule has 0 saturated carbocycles. The normalized spacial score (nSPS) is 25.9. The molecule has 1 aromatic rings. The molecule has 76 valence electrons. The summed E-state index contributed by atoms with van der Waals surface area (Å²) in [6.45, 7) is 2.32. The van der Waals surface area contributed by atoms with Crippen LogP contribution in [-0.4, -0.2) is 7.05 Å². The average molecular weight is 254 g/mol. The molecule has 2 rings (SSSR count). The fourth-order valence-corrected chi connectivity index (χ4v) is 2.76. The summed E-state index contributed by atoms with van der Waals surface area (Å²) in [4.78, 5) is 0. The van der Waals surface area contributed by atoms with Crippen LogP contribution in [0.15, 0.2) is 22.7 Å². The van der Waals surface area contributed by atoms with Gasteiger partial charge in [0, 0.05) is 10.5 Å². The first kappa shape index (κ1) is 10.2. The Labute approximate surface area is 94.0 Å². The van der Waals surface area contributed by atoms with Gasteiger partial charge in [-0.05, 0) is 49.1 Å². The van der Waals surface area contributed by atoms with E-state index < -0.39 is 0 Å². The standard InChI is InChI=1S/C12H16BrN/c1-8-3-4-9-5-6-10(13)7-11(9)12(8)14-2/h5-8,12,14H,3-4H2,1-2H3. The Morgan fingerprint density at radius 3 is 2.93 bits per heavy atom. The lowest BCUT2D eigenvalue weighted by Crippen LogP contribution is -2.28. The highest BCUT2D eigenvalue weighted by Gasteiger charge is 2.24. The maximum Gasteiger partial charge on any atom is 0.0346 e. The maximum absolute atomic E-state index is 3.54. The number of rotatable bonds is 1. The van der Waals surface area contributed by atoms with Gasteiger partial charge in [-0.1, -0.05) is 28.9 Å². The van der Waals surface area contributed by atoms with Gasteiger partial charge in [-0.3, -0.25) is 0 Å². The highest BCUT2D eigenvalue weighted by molar-refractivity contribution is 9.10. The molecule has 0 radical (unpaired) electrons. The molecule has 1 nitrogen and oxygen atoms in total. The topological polar surface area (TPSA) is 12.0 Å². The van der Waals surface area contributed by atoms with E-state index in [1.807, 2.05) is 0 Å². The zero-order chi connectivity index (χ0) is 10.1. The molecule has 2 unspecified atom stereocenters. The fourth-order valence-electron chi connectivity index (χ4n) is 2.38. The second-order valence-electron chi connectivity index (χ2n) is 4.13. The molecule has 0 heterocycles. The van der Waals surface area contributed by atoms with Crippen molar-refractivity contribution in [1.82, 2.24) is 5.32 Å². The van der Waals surface area contributed by atoms with Crippen molar-refractivity contribution in [2.45, 2.75) is 25.8 Å². The van der Waals surface area contributed by atoms with E-state index in [1.54, 1.807) is 0 Å². The number of halogens is 1. The van der Waals surface area contributed by atoms with E-state index in [9.17, 15) is 0 Å². The Morgan fingerprint density at radius 2 is 2.21 bits per heavy atom. The maximum atomic E-state index is 3.54. The summed E-state index contributed by atoms with van der Waals surface area (Å²) in [6.07, 6.45) is 2.52. The van der Waals surface area contributed by atoms with Gasteiger partial charge in [0.1, 0.15) is 0 Å². The molecule has 1 aliphatic carbocycles. The number of benzene rings is 1. The Morgan fingerprint density at radius 1 is 1.43 bits per heavy atom. The monoisotopic (exact) mass is 253 g/mol. The van der Waals surface area contributed by atoms with Crippen LogP contribution >= 0.6 is 15.9 Å². The lowest BCUT2D eigenvalue weighted by Gasteiger charge is -2.31. The van der Waals surface area contributed by atoms with Crippen LogP contribution in [0.3, 0.4) is 0 Å². The third-order valence-electron chi connectivity index (χ3n) is 3.19. The third-order valence-corrected chi connectivity index (χ3v) is 3.69. The van der Waals surface area contributed by atoms with Crippen LogP contribution in [0.1, 0.15) is 30.5 Å². The van der Waals surface area contributed by atoms with Gasteiger partial charge in [0.05, 0.1) is 0 Å². The van der Waals surface area contributed by atoms with Crippen LogP contribution in [0.2, 0.25) is 0 Å². The molecular weight excluding hydrogens is 238 g/mol. The number of hydrogen-bond acceptors (Lipinski definition) is 1. The van der Waals surface area contributed by atoms with Gasteiger partial charge in [-0.15, -0.1) is 0 Å². The Balaban J connectivity index is 2.43. The number of fused-ring (bicyclic) bond motifs is 1. The molecule has 0 spiro atoms. The molecule has 0 fully saturated rings. The highest BCUT2D eigenvalue weighted by Crippen LogP contribution is 2.35. The average Bonchev–Trinajstić information content (AvgIpc) is 2.17. The largest absolute Gasteiger partial charge is 0.313 e. The summed E-state index contributed by atoms with van der Waals surface area (Å²) in [5.41, 5.74) is 2.98. The van der Waals surface area contributed by atoms with Crippen molar-refractivity contribution in [3.63, 3.8) is 0 Å². The molecule has 0 amide bonds. The van der Waals surface area contributed by atoms with E-state index in [0.717, 1.165) is 5.92 Å². The SMILES string of the molecule is CNC1c2cc(Br)ccc2CCC1C. The highest BCUT2D eigenvalue weighted by atomic mass is 79.9. The minimum atomic E-state index is 0.524. The van der Waals surface area contributed by atoms with Gasteiger partial charge in [0.15, 0.2) is 0 Å². The van der Waals surface area contributed by atoms with E-state index in [-0.39, 0.29) is 0 Å². The van der Waals surface area contributed by atoms with Crippen LogP contribution in [0.5, 0.6) is 0 Å². The summed E-state index contributed by atoms with van der Waals surface area (Å²) >= 11 is 3.54. The Kier molecular flexibility index (Phi) is 2.93. The van der Waals surface area contributed by atoms with Gasteiger partial charge in [0.25, 0.3) is 0 Å². The van der Waals surface area contributed by atoms with Crippen molar-refractivity contribution in [3.05, 3.63) is 33.8 Å². The predicted octanol–water partition coefficient (Wildman–Crippen LogP) is 3.29.